The van der Waals surface area contributed by atoms with Crippen LogP contribution in [0, 0.1) is 36.3 Å². The largest absolute Gasteiger partial charge is 0.465 e. The highest BCUT2D eigenvalue weighted by molar-refractivity contribution is 7.18. The summed E-state index contributed by atoms with van der Waals surface area (Å²) in [6.45, 7) is 13.7. The number of carbonyl (C=O) groups excluding carboxylic acids is 6. The number of hydrogen-bond acceptors (Lipinski definition) is 9. The van der Waals surface area contributed by atoms with Gasteiger partial charge in [0.15, 0.2) is 0 Å². The number of amides is 5. The number of rotatable bonds is 17. The lowest BCUT2D eigenvalue weighted by atomic mass is 9.95. The first-order valence-corrected chi connectivity index (χ1v) is 17.6. The van der Waals surface area contributed by atoms with Gasteiger partial charge in [0.05, 0.1) is 29.5 Å². The van der Waals surface area contributed by atoms with Crippen molar-refractivity contribution in [2.75, 3.05) is 25.5 Å². The third kappa shape index (κ3) is 11.5. The molecule has 0 aliphatic heterocycles. The molecule has 0 bridgehead atoms. The third-order valence-corrected chi connectivity index (χ3v) is 9.42. The summed E-state index contributed by atoms with van der Waals surface area (Å²) < 4.78 is 32.6. The van der Waals surface area contributed by atoms with Crippen molar-refractivity contribution in [1.82, 2.24) is 21.3 Å². The molecule has 16 heteroatoms. The Morgan fingerprint density at radius 3 is 1.82 bits per heavy atom. The molecule has 2 aromatic rings. The first-order valence-electron chi connectivity index (χ1n) is 16.7. The molecule has 7 N–H and O–H groups in total. The van der Waals surface area contributed by atoms with E-state index in [1.807, 2.05) is 0 Å². The molecule has 282 valence electrons. The third-order valence-electron chi connectivity index (χ3n) is 8.22. The van der Waals surface area contributed by atoms with Gasteiger partial charge in [-0.1, -0.05) is 48.5 Å². The van der Waals surface area contributed by atoms with Gasteiger partial charge in [0.25, 0.3) is 5.91 Å². The molecule has 2 rings (SSSR count). The smallest absolute Gasteiger partial charge is 0.341 e. The van der Waals surface area contributed by atoms with E-state index < -0.39 is 71.2 Å². The van der Waals surface area contributed by atoms with Crippen LogP contribution in [0.1, 0.15) is 92.0 Å². The summed E-state index contributed by atoms with van der Waals surface area (Å²) in [6.07, 6.45) is 0.189. The molecule has 0 radical (unpaired) electrons. The quantitative estimate of drug-likeness (QED) is 0.105. The van der Waals surface area contributed by atoms with Crippen molar-refractivity contribution in [1.29, 1.82) is 0 Å². The number of methoxy groups -OCH3 is 1. The molecule has 0 fully saturated rings. The Balaban J connectivity index is 2.11. The molecule has 0 saturated carbocycles. The predicted molar refractivity (Wildman–Crippen MR) is 190 cm³/mol. The van der Waals surface area contributed by atoms with Crippen molar-refractivity contribution in [2.24, 2.45) is 23.5 Å². The fraction of sp³-hybridized carbons (Fsp3) is 0.543. The summed E-state index contributed by atoms with van der Waals surface area (Å²) in [6, 6.07) is 0.126. The first kappa shape index (κ1) is 42.7. The van der Waals surface area contributed by atoms with Gasteiger partial charge in [0.1, 0.15) is 28.7 Å². The summed E-state index contributed by atoms with van der Waals surface area (Å²) in [5, 5.41) is 13.4. The second kappa shape index (κ2) is 19.2. The van der Waals surface area contributed by atoms with E-state index in [2.05, 4.69) is 26.6 Å². The minimum absolute atomic E-state index is 0.0164. The maximum atomic E-state index is 13.9. The Labute approximate surface area is 301 Å². The molecule has 4 unspecified atom stereocenters. The van der Waals surface area contributed by atoms with Gasteiger partial charge in [0, 0.05) is 19.2 Å². The monoisotopic (exact) mass is 736 g/mol. The van der Waals surface area contributed by atoms with Crippen LogP contribution < -0.4 is 32.3 Å². The van der Waals surface area contributed by atoms with Crippen molar-refractivity contribution in [2.45, 2.75) is 85.9 Å². The minimum Gasteiger partial charge on any atom is -0.465 e. The maximum absolute atomic E-state index is 13.9. The van der Waals surface area contributed by atoms with Crippen molar-refractivity contribution < 1.29 is 42.3 Å². The van der Waals surface area contributed by atoms with Crippen molar-refractivity contribution >= 4 is 51.8 Å². The summed E-state index contributed by atoms with van der Waals surface area (Å²) in [4.78, 5) is 78.0. The number of nitrogens with one attached hydrogen (secondary N) is 5. The van der Waals surface area contributed by atoms with Gasteiger partial charge in [-0.3, -0.25) is 24.0 Å². The Hall–Kier alpha value is -4.44. The molecule has 51 heavy (non-hydrogen) atoms. The van der Waals surface area contributed by atoms with Gasteiger partial charge in [-0.15, -0.1) is 11.3 Å². The van der Waals surface area contributed by atoms with Crippen LogP contribution in [0.25, 0.3) is 0 Å². The fourth-order valence-corrected chi connectivity index (χ4v) is 6.25. The Morgan fingerprint density at radius 1 is 0.784 bits per heavy atom. The molecule has 0 spiro atoms. The van der Waals surface area contributed by atoms with Gasteiger partial charge < -0.3 is 37.1 Å². The van der Waals surface area contributed by atoms with E-state index >= 15 is 0 Å². The van der Waals surface area contributed by atoms with Crippen molar-refractivity contribution in [3.8, 4) is 0 Å². The van der Waals surface area contributed by atoms with Crippen LogP contribution in [-0.4, -0.2) is 73.8 Å². The summed E-state index contributed by atoms with van der Waals surface area (Å²) >= 11 is 0.822. The lowest BCUT2D eigenvalue weighted by molar-refractivity contribution is -0.134. The minimum atomic E-state index is -0.957. The van der Waals surface area contributed by atoms with Crippen molar-refractivity contribution in [3.63, 3.8) is 0 Å². The Morgan fingerprint density at radius 2 is 1.31 bits per heavy atom. The van der Waals surface area contributed by atoms with Crippen LogP contribution in [-0.2, 0) is 23.9 Å². The van der Waals surface area contributed by atoms with E-state index in [-0.39, 0.29) is 63.8 Å². The SMILES string of the molecule is CCC(C(=O)Nc1sc(C(=O)NCCNC(=O)C(NC(=O)C(NC(=O)C(N)C(C)C)C(C)C)C(C)C)c(C)c1C(=O)OC)c1cc(F)cc(F)c1. The van der Waals surface area contributed by atoms with E-state index in [0.717, 1.165) is 30.6 Å². The van der Waals surface area contributed by atoms with Crippen molar-refractivity contribution in [3.05, 3.63) is 51.4 Å². The highest BCUT2D eigenvalue weighted by Crippen LogP contribution is 2.35. The Bertz CT molecular complexity index is 1580. The van der Waals surface area contributed by atoms with Crippen LogP contribution in [0.3, 0.4) is 0 Å². The zero-order chi connectivity index (χ0) is 38.7. The number of ether oxygens (including phenoxy) is 1. The maximum Gasteiger partial charge on any atom is 0.341 e. The van der Waals surface area contributed by atoms with E-state index in [0.29, 0.717) is 6.07 Å². The average molecular weight is 737 g/mol. The van der Waals surface area contributed by atoms with Gasteiger partial charge in [0.2, 0.25) is 23.6 Å². The van der Waals surface area contributed by atoms with E-state index in [4.69, 9.17) is 10.5 Å². The highest BCUT2D eigenvalue weighted by Gasteiger charge is 2.32. The number of nitrogens with two attached hydrogens (primary N) is 1. The molecular formula is C35H50F2N6O7S. The molecule has 0 aliphatic rings. The number of thiophene rings is 1. The molecule has 1 aromatic carbocycles. The number of carbonyl (C=O) groups is 6. The topological polar surface area (TPSA) is 198 Å². The molecule has 0 aliphatic carbocycles. The number of benzene rings is 1. The molecule has 4 atom stereocenters. The number of halogens is 2. The molecule has 5 amide bonds. The molecule has 0 saturated heterocycles. The van der Waals surface area contributed by atoms with Crippen LogP contribution in [0.4, 0.5) is 13.8 Å². The van der Waals surface area contributed by atoms with Gasteiger partial charge in [-0.2, -0.15) is 0 Å². The summed E-state index contributed by atoms with van der Waals surface area (Å²) in [5.41, 5.74) is 6.23. The highest BCUT2D eigenvalue weighted by atomic mass is 32.1. The predicted octanol–water partition coefficient (Wildman–Crippen LogP) is 3.36. The number of hydrogen-bond donors (Lipinski definition) is 6. The Kier molecular flexibility index (Phi) is 16.1. The van der Waals surface area contributed by atoms with Gasteiger partial charge >= 0.3 is 5.97 Å². The molecule has 1 aromatic heterocycles. The average Bonchev–Trinajstić information content (AvgIpc) is 3.37. The van der Waals surface area contributed by atoms with Gasteiger partial charge in [-0.25, -0.2) is 13.6 Å². The normalized spacial score (nSPS) is 13.6. The van der Waals surface area contributed by atoms with Crippen LogP contribution in [0.2, 0.25) is 0 Å². The lowest BCUT2D eigenvalue weighted by Crippen LogP contribution is -2.59. The number of esters is 1. The first-order chi connectivity index (χ1) is 23.8. The lowest BCUT2D eigenvalue weighted by Gasteiger charge is -2.28. The van der Waals surface area contributed by atoms with E-state index in [1.165, 1.54) is 6.92 Å². The van der Waals surface area contributed by atoms with Gasteiger partial charge in [-0.05, 0) is 54.4 Å². The van der Waals surface area contributed by atoms with Crippen LogP contribution >= 0.6 is 11.3 Å². The summed E-state index contributed by atoms with van der Waals surface area (Å²) in [7, 11) is 1.14. The van der Waals surface area contributed by atoms with E-state index in [1.54, 1.807) is 48.5 Å². The molecular weight excluding hydrogens is 686 g/mol. The van der Waals surface area contributed by atoms with E-state index in [9.17, 15) is 37.5 Å². The zero-order valence-corrected chi connectivity index (χ0v) is 31.3. The zero-order valence-electron chi connectivity index (χ0n) is 30.5. The van der Waals surface area contributed by atoms with Crippen LogP contribution in [0.15, 0.2) is 18.2 Å². The standard InChI is InChI=1S/C35H50F2N6O7S/c1-10-23(20-13-21(36)15-22(37)14-20)29(44)43-34-24(35(49)50-9)19(8)28(51-34)33(48)40-12-11-39-31(46)26(17(4)5)42-32(47)27(18(6)7)41-30(45)25(38)16(2)3/h13-18,23,25-27H,10-12,38H2,1-9H3,(H,39,46)(H,40,48)(H,41,45)(H,42,47)(H,43,44). The fourth-order valence-electron chi connectivity index (χ4n) is 5.13. The molecule has 1 heterocycles. The molecule has 13 nitrogen and oxygen atoms in total. The summed E-state index contributed by atoms with van der Waals surface area (Å²) in [5.74, 6) is -6.96. The second-order valence-electron chi connectivity index (χ2n) is 13.2. The number of anilines is 1. The second-order valence-corrected chi connectivity index (χ2v) is 14.2. The van der Waals surface area contributed by atoms with Crippen LogP contribution in [0.5, 0.6) is 0 Å².